The van der Waals surface area contributed by atoms with Gasteiger partial charge in [-0.25, -0.2) is 9.97 Å². The van der Waals surface area contributed by atoms with Crippen molar-refractivity contribution in [3.8, 4) is 5.13 Å². The number of rotatable bonds is 1. The normalized spacial score (nSPS) is 10.5. The molecular formula is C8H9N3S. The second kappa shape index (κ2) is 2.71. The van der Waals surface area contributed by atoms with Gasteiger partial charge in [0.25, 0.3) is 0 Å². The van der Waals surface area contributed by atoms with E-state index >= 15 is 0 Å². The number of aryl methyl sites for hydroxylation is 2. The van der Waals surface area contributed by atoms with Gasteiger partial charge in [-0.1, -0.05) is 0 Å². The van der Waals surface area contributed by atoms with E-state index in [1.54, 1.807) is 23.9 Å². The summed E-state index contributed by atoms with van der Waals surface area (Å²) in [5.41, 5.74) is 1.10. The van der Waals surface area contributed by atoms with Crippen LogP contribution in [0.5, 0.6) is 0 Å². The highest BCUT2D eigenvalue weighted by Gasteiger charge is 2.03. The van der Waals surface area contributed by atoms with E-state index in [1.807, 2.05) is 17.7 Å². The van der Waals surface area contributed by atoms with Gasteiger partial charge in [-0.3, -0.25) is 4.57 Å². The molecule has 0 spiro atoms. The first-order valence-electron chi connectivity index (χ1n) is 3.70. The highest BCUT2D eigenvalue weighted by molar-refractivity contribution is 7.14. The monoisotopic (exact) mass is 179 g/mol. The lowest BCUT2D eigenvalue weighted by molar-refractivity contribution is 1.02. The number of thiazole rings is 1. The fourth-order valence-corrected chi connectivity index (χ4v) is 1.80. The summed E-state index contributed by atoms with van der Waals surface area (Å²) < 4.78 is 1.92. The van der Waals surface area contributed by atoms with Gasteiger partial charge in [-0.15, -0.1) is 11.3 Å². The van der Waals surface area contributed by atoms with Crippen LogP contribution in [0.4, 0.5) is 0 Å². The molecule has 0 aliphatic heterocycles. The summed E-state index contributed by atoms with van der Waals surface area (Å²) in [5.74, 6) is 0. The van der Waals surface area contributed by atoms with Crippen LogP contribution in [0.25, 0.3) is 5.13 Å². The summed E-state index contributed by atoms with van der Waals surface area (Å²) in [7, 11) is 0. The van der Waals surface area contributed by atoms with Crippen LogP contribution in [0.2, 0.25) is 0 Å². The average Bonchev–Trinajstić information content (AvgIpc) is 2.61. The minimum atomic E-state index is 0.988. The zero-order valence-corrected chi connectivity index (χ0v) is 7.80. The van der Waals surface area contributed by atoms with Crippen LogP contribution in [0.1, 0.15) is 10.6 Å². The van der Waals surface area contributed by atoms with E-state index in [0.29, 0.717) is 0 Å². The maximum absolute atomic E-state index is 4.39. The van der Waals surface area contributed by atoms with E-state index in [1.165, 1.54) is 4.88 Å². The molecule has 2 rings (SSSR count). The minimum absolute atomic E-state index is 0.988. The van der Waals surface area contributed by atoms with Crippen molar-refractivity contribution < 1.29 is 0 Å². The minimum Gasteiger partial charge on any atom is -0.282 e. The van der Waals surface area contributed by atoms with Crippen LogP contribution < -0.4 is 0 Å². The number of hydrogen-bond acceptors (Lipinski definition) is 3. The summed E-state index contributed by atoms with van der Waals surface area (Å²) in [6.07, 6.45) is 5.42. The number of nitrogens with zero attached hydrogens (tertiary/aromatic N) is 3. The van der Waals surface area contributed by atoms with E-state index in [2.05, 4.69) is 16.9 Å². The van der Waals surface area contributed by atoms with E-state index in [-0.39, 0.29) is 0 Å². The lowest BCUT2D eigenvalue weighted by atomic mass is 10.4. The molecule has 12 heavy (non-hydrogen) atoms. The maximum atomic E-state index is 4.39. The van der Waals surface area contributed by atoms with Gasteiger partial charge in [0, 0.05) is 17.3 Å². The lowest BCUT2D eigenvalue weighted by Gasteiger charge is -1.91. The summed E-state index contributed by atoms with van der Waals surface area (Å²) in [4.78, 5) is 9.62. The highest BCUT2D eigenvalue weighted by Crippen LogP contribution is 2.19. The van der Waals surface area contributed by atoms with Crippen molar-refractivity contribution in [2.45, 2.75) is 13.8 Å². The predicted octanol–water partition coefficient (Wildman–Crippen LogP) is 1.95. The van der Waals surface area contributed by atoms with Gasteiger partial charge in [0.15, 0.2) is 5.13 Å². The third-order valence-electron chi connectivity index (χ3n) is 1.74. The van der Waals surface area contributed by atoms with Crippen molar-refractivity contribution in [3.05, 3.63) is 29.3 Å². The SMILES string of the molecule is Cc1nc(-n2ccnc2)sc1C. The molecule has 2 aromatic rings. The van der Waals surface area contributed by atoms with E-state index in [0.717, 1.165) is 10.8 Å². The summed E-state index contributed by atoms with van der Waals surface area (Å²) in [5, 5.41) is 0.988. The van der Waals surface area contributed by atoms with Crippen LogP contribution in [-0.4, -0.2) is 14.5 Å². The molecule has 2 aromatic heterocycles. The van der Waals surface area contributed by atoms with Crippen molar-refractivity contribution in [3.63, 3.8) is 0 Å². The van der Waals surface area contributed by atoms with E-state index < -0.39 is 0 Å². The van der Waals surface area contributed by atoms with Gasteiger partial charge in [-0.05, 0) is 13.8 Å². The fourth-order valence-electron chi connectivity index (χ4n) is 0.939. The summed E-state index contributed by atoms with van der Waals surface area (Å²) >= 11 is 1.68. The average molecular weight is 179 g/mol. The zero-order chi connectivity index (χ0) is 8.55. The standard InChI is InChI=1S/C8H9N3S/c1-6-7(2)12-8(10-6)11-4-3-9-5-11/h3-5H,1-2H3. The van der Waals surface area contributed by atoms with Gasteiger partial charge >= 0.3 is 0 Å². The molecule has 2 heterocycles. The molecular weight excluding hydrogens is 170 g/mol. The van der Waals surface area contributed by atoms with Crippen LogP contribution >= 0.6 is 11.3 Å². The zero-order valence-electron chi connectivity index (χ0n) is 6.98. The molecule has 0 radical (unpaired) electrons. The number of hydrogen-bond donors (Lipinski definition) is 0. The molecule has 0 unspecified atom stereocenters. The molecule has 0 atom stereocenters. The quantitative estimate of drug-likeness (QED) is 0.669. The van der Waals surface area contributed by atoms with Gasteiger partial charge in [0.1, 0.15) is 6.33 Å². The first kappa shape index (κ1) is 7.49. The molecule has 0 N–H and O–H groups in total. The Morgan fingerprint density at radius 3 is 2.75 bits per heavy atom. The second-order valence-corrected chi connectivity index (χ2v) is 3.79. The topological polar surface area (TPSA) is 30.7 Å². The third kappa shape index (κ3) is 1.14. The molecule has 0 bridgehead atoms. The smallest absolute Gasteiger partial charge is 0.195 e. The first-order valence-corrected chi connectivity index (χ1v) is 4.51. The van der Waals surface area contributed by atoms with Gasteiger partial charge in [0.05, 0.1) is 5.69 Å². The third-order valence-corrected chi connectivity index (χ3v) is 2.83. The Hall–Kier alpha value is -1.16. The molecule has 0 saturated carbocycles. The Bertz CT molecular complexity index is 355. The Kier molecular flexibility index (Phi) is 1.69. The summed E-state index contributed by atoms with van der Waals surface area (Å²) in [6, 6.07) is 0. The van der Waals surface area contributed by atoms with Crippen molar-refractivity contribution >= 4 is 11.3 Å². The van der Waals surface area contributed by atoms with Crippen LogP contribution in [0.15, 0.2) is 18.7 Å². The first-order chi connectivity index (χ1) is 5.77. The fraction of sp³-hybridized carbons (Fsp3) is 0.250. The predicted molar refractivity (Wildman–Crippen MR) is 48.7 cm³/mol. The molecule has 0 amide bonds. The molecule has 0 aromatic carbocycles. The van der Waals surface area contributed by atoms with Crippen molar-refractivity contribution in [2.75, 3.05) is 0 Å². The molecule has 0 saturated heterocycles. The van der Waals surface area contributed by atoms with Gasteiger partial charge < -0.3 is 0 Å². The van der Waals surface area contributed by atoms with E-state index in [9.17, 15) is 0 Å². The number of aromatic nitrogens is 3. The molecule has 4 heteroatoms. The van der Waals surface area contributed by atoms with Gasteiger partial charge in [0.2, 0.25) is 0 Å². The van der Waals surface area contributed by atoms with Crippen molar-refractivity contribution in [1.29, 1.82) is 0 Å². The molecule has 0 fully saturated rings. The Labute approximate surface area is 74.7 Å². The lowest BCUT2D eigenvalue weighted by Crippen LogP contribution is -1.87. The molecule has 62 valence electrons. The Morgan fingerprint density at radius 2 is 2.25 bits per heavy atom. The second-order valence-electron chi connectivity index (χ2n) is 2.61. The van der Waals surface area contributed by atoms with E-state index in [4.69, 9.17) is 0 Å². The van der Waals surface area contributed by atoms with Crippen LogP contribution in [0.3, 0.4) is 0 Å². The molecule has 0 aliphatic rings. The Balaban J connectivity index is 2.48. The largest absolute Gasteiger partial charge is 0.282 e. The molecule has 0 aliphatic carbocycles. The molecule has 3 nitrogen and oxygen atoms in total. The van der Waals surface area contributed by atoms with Gasteiger partial charge in [-0.2, -0.15) is 0 Å². The summed E-state index contributed by atoms with van der Waals surface area (Å²) in [6.45, 7) is 4.10. The maximum Gasteiger partial charge on any atom is 0.195 e. The van der Waals surface area contributed by atoms with Crippen LogP contribution in [-0.2, 0) is 0 Å². The highest BCUT2D eigenvalue weighted by atomic mass is 32.1. The number of imidazole rings is 1. The van der Waals surface area contributed by atoms with Crippen molar-refractivity contribution in [2.24, 2.45) is 0 Å². The van der Waals surface area contributed by atoms with Crippen LogP contribution in [0, 0.1) is 13.8 Å². The Morgan fingerprint density at radius 1 is 1.42 bits per heavy atom. The van der Waals surface area contributed by atoms with Crippen molar-refractivity contribution in [1.82, 2.24) is 14.5 Å².